The molecule has 0 saturated carbocycles. The van der Waals surface area contributed by atoms with Crippen molar-refractivity contribution in [2.45, 2.75) is 58.8 Å². The van der Waals surface area contributed by atoms with Crippen molar-refractivity contribution in [2.24, 2.45) is 5.92 Å². The van der Waals surface area contributed by atoms with Gasteiger partial charge >= 0.3 is 5.97 Å². The van der Waals surface area contributed by atoms with Gasteiger partial charge in [0, 0.05) is 0 Å². The van der Waals surface area contributed by atoms with Crippen molar-refractivity contribution in [1.29, 1.82) is 0 Å². The van der Waals surface area contributed by atoms with Crippen LogP contribution in [0.4, 0.5) is 0 Å². The van der Waals surface area contributed by atoms with E-state index >= 15 is 0 Å². The van der Waals surface area contributed by atoms with Gasteiger partial charge in [0.2, 0.25) is 0 Å². The van der Waals surface area contributed by atoms with Crippen molar-refractivity contribution in [3.05, 3.63) is 63.7 Å². The van der Waals surface area contributed by atoms with Gasteiger partial charge in [0.15, 0.2) is 13.8 Å². The number of hydrogen-bond donors (Lipinski definition) is 4. The van der Waals surface area contributed by atoms with E-state index in [1.807, 2.05) is 20.8 Å². The minimum atomic E-state index is -1.48. The first-order valence-electron chi connectivity index (χ1n) is 10.4. The molecule has 0 radical (unpaired) electrons. The quantitative estimate of drug-likeness (QED) is 0.415. The monoisotopic (exact) mass is 459 g/mol. The molecule has 0 aromatic heterocycles. The Morgan fingerprint density at radius 2 is 1.75 bits per heavy atom. The van der Waals surface area contributed by atoms with Crippen LogP contribution >= 0.6 is 8.46 Å². The van der Waals surface area contributed by atoms with Crippen LogP contribution in [-0.2, 0) is 21.1 Å². The Balaban J connectivity index is 2.35. The Morgan fingerprint density at radius 1 is 1.16 bits per heavy atom. The van der Waals surface area contributed by atoms with Crippen LogP contribution in [0.15, 0.2) is 30.3 Å². The summed E-state index contributed by atoms with van der Waals surface area (Å²) in [6.07, 6.45) is 1.04. The van der Waals surface area contributed by atoms with Gasteiger partial charge in [-0.2, -0.15) is 0 Å². The number of carboxylic acid groups (broad SMARTS) is 1. The van der Waals surface area contributed by atoms with E-state index in [-0.39, 0.29) is 17.2 Å². The highest BCUT2D eigenvalue weighted by molar-refractivity contribution is 7.25. The summed E-state index contributed by atoms with van der Waals surface area (Å²) < 4.78 is 11.3. The lowest BCUT2D eigenvalue weighted by Crippen LogP contribution is -2.45. The molecule has 1 amide bonds. The molecular formula is C24H30NO6P. The summed E-state index contributed by atoms with van der Waals surface area (Å²) in [5.41, 5.74) is 4.08. The number of carboxylic acids is 1. The number of aliphatic hydroxyl groups is 1. The fraction of sp³-hybridized carbons (Fsp3) is 0.417. The van der Waals surface area contributed by atoms with Gasteiger partial charge in [-0.05, 0) is 73.1 Å². The number of benzene rings is 2. The molecule has 0 aliphatic rings. The van der Waals surface area contributed by atoms with E-state index in [0.717, 1.165) is 22.3 Å². The lowest BCUT2D eigenvalue weighted by molar-refractivity contribution is -0.140. The third kappa shape index (κ3) is 5.72. The maximum atomic E-state index is 12.7. The van der Waals surface area contributed by atoms with Crippen LogP contribution in [0.3, 0.4) is 0 Å². The second kappa shape index (κ2) is 10.2. The smallest absolute Gasteiger partial charge is 0.326 e. The second-order valence-corrected chi connectivity index (χ2v) is 9.46. The number of amides is 1. The van der Waals surface area contributed by atoms with E-state index in [0.29, 0.717) is 18.4 Å². The maximum Gasteiger partial charge on any atom is 0.326 e. The van der Waals surface area contributed by atoms with Crippen LogP contribution in [0.1, 0.15) is 65.4 Å². The van der Waals surface area contributed by atoms with Crippen molar-refractivity contribution >= 4 is 20.3 Å². The molecule has 8 heteroatoms. The molecule has 4 N–H and O–H groups in total. The van der Waals surface area contributed by atoms with Crippen LogP contribution in [0, 0.1) is 19.8 Å². The molecule has 32 heavy (non-hydrogen) atoms. The number of phenols is 1. The summed E-state index contributed by atoms with van der Waals surface area (Å²) in [5.74, 6) is -2.26. The van der Waals surface area contributed by atoms with Gasteiger partial charge in [-0.1, -0.05) is 38.5 Å². The zero-order chi connectivity index (χ0) is 24.2. The molecule has 0 aliphatic carbocycles. The SMILES string of the molecule is CCC(C)C(NC(=O)c1cc(Cc2c(C)cc(C(C)(O)P=O)cc2C)ccc1O)C(=O)O. The highest BCUT2D eigenvalue weighted by Crippen LogP contribution is 2.34. The van der Waals surface area contributed by atoms with E-state index in [1.165, 1.54) is 13.0 Å². The standard InChI is InChI=1S/C24H30NO6P/c1-6-13(2)21(23(28)29)25-22(27)19-12-16(7-8-20(19)26)11-18-14(3)9-17(10-15(18)4)24(5,30)32-31/h7-10,12-13,21,26,30H,6,11H2,1-5H3,(H,25,27)(H,28,29). The molecule has 0 fully saturated rings. The minimum Gasteiger partial charge on any atom is -0.507 e. The molecule has 0 heterocycles. The van der Waals surface area contributed by atoms with Crippen LogP contribution in [0.25, 0.3) is 0 Å². The van der Waals surface area contributed by atoms with Crippen molar-refractivity contribution in [2.75, 3.05) is 0 Å². The predicted octanol–water partition coefficient (Wildman–Crippen LogP) is 4.29. The van der Waals surface area contributed by atoms with E-state index in [4.69, 9.17) is 0 Å². The van der Waals surface area contributed by atoms with Crippen molar-refractivity contribution in [1.82, 2.24) is 5.32 Å². The number of aryl methyl sites for hydroxylation is 2. The molecule has 7 nitrogen and oxygen atoms in total. The van der Waals surface area contributed by atoms with E-state index in [1.54, 1.807) is 31.2 Å². The summed E-state index contributed by atoms with van der Waals surface area (Å²) in [4.78, 5) is 24.3. The normalized spacial score (nSPS) is 15.1. The first-order chi connectivity index (χ1) is 14.9. The van der Waals surface area contributed by atoms with Crippen LogP contribution in [0.2, 0.25) is 0 Å². The van der Waals surface area contributed by atoms with Crippen LogP contribution < -0.4 is 5.32 Å². The lowest BCUT2D eigenvalue weighted by atomic mass is 9.92. The second-order valence-electron chi connectivity index (χ2n) is 8.40. The molecular weight excluding hydrogens is 429 g/mol. The topological polar surface area (TPSA) is 124 Å². The first kappa shape index (κ1) is 25.5. The molecule has 0 spiro atoms. The number of aromatic hydroxyl groups is 1. The van der Waals surface area contributed by atoms with Gasteiger partial charge in [-0.3, -0.25) is 9.36 Å². The van der Waals surface area contributed by atoms with Crippen LogP contribution in [-0.4, -0.2) is 33.2 Å². The zero-order valence-corrected chi connectivity index (χ0v) is 19.9. The first-order valence-corrected chi connectivity index (χ1v) is 11.3. The zero-order valence-electron chi connectivity index (χ0n) is 19.0. The number of nitrogens with one attached hydrogen (secondary N) is 1. The Morgan fingerprint density at radius 3 is 2.25 bits per heavy atom. The highest BCUT2D eigenvalue weighted by atomic mass is 31.1. The van der Waals surface area contributed by atoms with Gasteiger partial charge < -0.3 is 20.6 Å². The third-order valence-electron chi connectivity index (χ3n) is 5.87. The number of hydrogen-bond acceptors (Lipinski definition) is 5. The fourth-order valence-electron chi connectivity index (χ4n) is 3.58. The average molecular weight is 459 g/mol. The Kier molecular flexibility index (Phi) is 8.16. The summed E-state index contributed by atoms with van der Waals surface area (Å²) in [7, 11) is -0.390. The van der Waals surface area contributed by atoms with Gasteiger partial charge in [0.1, 0.15) is 11.8 Å². The Bertz CT molecular complexity index is 1010. The third-order valence-corrected chi connectivity index (χ3v) is 6.49. The van der Waals surface area contributed by atoms with E-state index in [9.17, 15) is 29.5 Å². The van der Waals surface area contributed by atoms with E-state index < -0.39 is 31.7 Å². The van der Waals surface area contributed by atoms with Crippen molar-refractivity contribution in [3.63, 3.8) is 0 Å². The molecule has 0 aliphatic heterocycles. The molecule has 2 aromatic rings. The molecule has 0 saturated heterocycles. The summed E-state index contributed by atoms with van der Waals surface area (Å²) in [6.45, 7) is 8.84. The minimum absolute atomic E-state index is 0.0112. The van der Waals surface area contributed by atoms with Gasteiger partial charge in [-0.25, -0.2) is 4.79 Å². The molecule has 2 aromatic carbocycles. The number of carbonyl (C=O) groups is 2. The summed E-state index contributed by atoms with van der Waals surface area (Å²) >= 11 is 0. The predicted molar refractivity (Wildman–Crippen MR) is 122 cm³/mol. The average Bonchev–Trinajstić information content (AvgIpc) is 2.74. The number of phenolic OH excluding ortho intramolecular Hbond substituents is 1. The summed E-state index contributed by atoms with van der Waals surface area (Å²) in [6, 6.07) is 7.19. The number of aliphatic carboxylic acids is 1. The summed E-state index contributed by atoms with van der Waals surface area (Å²) in [5, 5.41) is 31.0. The van der Waals surface area contributed by atoms with Crippen molar-refractivity contribution in [3.8, 4) is 5.75 Å². The van der Waals surface area contributed by atoms with Gasteiger partial charge in [-0.15, -0.1) is 0 Å². The molecule has 172 valence electrons. The molecule has 0 bridgehead atoms. The highest BCUT2D eigenvalue weighted by Gasteiger charge is 2.27. The van der Waals surface area contributed by atoms with Crippen molar-refractivity contribution < 1.29 is 29.5 Å². The van der Waals surface area contributed by atoms with Gasteiger partial charge in [0.05, 0.1) is 5.56 Å². The number of rotatable bonds is 9. The Labute approximate surface area is 189 Å². The lowest BCUT2D eigenvalue weighted by Gasteiger charge is -2.21. The van der Waals surface area contributed by atoms with Crippen LogP contribution in [0.5, 0.6) is 5.75 Å². The molecule has 3 unspecified atom stereocenters. The fourth-order valence-corrected chi connectivity index (χ4v) is 3.81. The molecule has 3 atom stereocenters. The maximum absolute atomic E-state index is 12.7. The number of carbonyl (C=O) groups excluding carboxylic acids is 1. The molecule has 2 rings (SSSR count). The largest absolute Gasteiger partial charge is 0.507 e. The van der Waals surface area contributed by atoms with E-state index in [2.05, 4.69) is 5.32 Å². The van der Waals surface area contributed by atoms with Gasteiger partial charge in [0.25, 0.3) is 5.91 Å². The Hall–Kier alpha value is -2.76.